The van der Waals surface area contributed by atoms with Crippen molar-refractivity contribution in [3.8, 4) is 0 Å². The van der Waals surface area contributed by atoms with Gasteiger partial charge in [0.15, 0.2) is 0 Å². The summed E-state index contributed by atoms with van der Waals surface area (Å²) in [5.41, 5.74) is 0. The highest BCUT2D eigenvalue weighted by atomic mass is 16.5. The van der Waals surface area contributed by atoms with Crippen LogP contribution in [-0.2, 0) is 9.53 Å². The second-order valence-electron chi connectivity index (χ2n) is 4.84. The van der Waals surface area contributed by atoms with Gasteiger partial charge in [-0.2, -0.15) is 0 Å². The Labute approximate surface area is 91.7 Å². The minimum absolute atomic E-state index is 0.0320. The standard InChI is InChI=1S/C13H20O2/c1-3-10-11(12(10)13(14)15-2)9-7-5-4-6-8-9/h3,9-12H,1,4-8H2,2H3. The van der Waals surface area contributed by atoms with Gasteiger partial charge >= 0.3 is 5.97 Å². The molecule has 0 aliphatic heterocycles. The summed E-state index contributed by atoms with van der Waals surface area (Å²) in [4.78, 5) is 11.5. The fraction of sp³-hybridized carbons (Fsp3) is 0.769. The van der Waals surface area contributed by atoms with Crippen LogP contribution in [0.2, 0.25) is 0 Å². The maximum absolute atomic E-state index is 11.5. The Morgan fingerprint density at radius 1 is 1.33 bits per heavy atom. The van der Waals surface area contributed by atoms with E-state index in [1.54, 1.807) is 0 Å². The summed E-state index contributed by atoms with van der Waals surface area (Å²) in [7, 11) is 1.48. The number of carbonyl (C=O) groups excluding carboxylic acids is 1. The number of allylic oxidation sites excluding steroid dienone is 1. The van der Waals surface area contributed by atoms with Gasteiger partial charge in [0.1, 0.15) is 0 Å². The minimum Gasteiger partial charge on any atom is -0.469 e. The zero-order valence-corrected chi connectivity index (χ0v) is 9.45. The number of hydrogen-bond acceptors (Lipinski definition) is 2. The molecule has 84 valence electrons. The minimum atomic E-state index is -0.0320. The van der Waals surface area contributed by atoms with Gasteiger partial charge in [-0.15, -0.1) is 6.58 Å². The van der Waals surface area contributed by atoms with Gasteiger partial charge in [-0.1, -0.05) is 38.2 Å². The van der Waals surface area contributed by atoms with Crippen LogP contribution >= 0.6 is 0 Å². The molecule has 2 aliphatic carbocycles. The second kappa shape index (κ2) is 4.38. The Kier molecular flexibility index (Phi) is 3.13. The average molecular weight is 208 g/mol. The third-order valence-corrected chi connectivity index (χ3v) is 4.07. The predicted molar refractivity (Wildman–Crippen MR) is 59.3 cm³/mol. The van der Waals surface area contributed by atoms with Gasteiger partial charge in [0, 0.05) is 0 Å². The molecule has 2 rings (SSSR count). The molecule has 0 bridgehead atoms. The molecule has 3 atom stereocenters. The van der Waals surface area contributed by atoms with Crippen molar-refractivity contribution < 1.29 is 9.53 Å². The first-order valence-corrected chi connectivity index (χ1v) is 6.00. The number of esters is 1. The first kappa shape index (κ1) is 10.7. The molecule has 2 saturated carbocycles. The fourth-order valence-corrected chi connectivity index (χ4v) is 3.24. The molecule has 0 saturated heterocycles. The molecule has 2 nitrogen and oxygen atoms in total. The molecular formula is C13H20O2. The van der Waals surface area contributed by atoms with Crippen LogP contribution in [0.25, 0.3) is 0 Å². The van der Waals surface area contributed by atoms with Crippen LogP contribution in [0, 0.1) is 23.7 Å². The first-order chi connectivity index (χ1) is 7.29. The van der Waals surface area contributed by atoms with Gasteiger partial charge in [-0.25, -0.2) is 0 Å². The molecule has 0 aromatic carbocycles. The largest absolute Gasteiger partial charge is 0.469 e. The number of hydrogen-bond donors (Lipinski definition) is 0. The average Bonchev–Trinajstić information content (AvgIpc) is 3.03. The van der Waals surface area contributed by atoms with E-state index in [2.05, 4.69) is 6.58 Å². The lowest BCUT2D eigenvalue weighted by Gasteiger charge is -2.21. The second-order valence-corrected chi connectivity index (χ2v) is 4.84. The molecule has 0 aromatic heterocycles. The summed E-state index contributed by atoms with van der Waals surface area (Å²) in [6, 6.07) is 0. The van der Waals surface area contributed by atoms with E-state index in [-0.39, 0.29) is 11.9 Å². The smallest absolute Gasteiger partial charge is 0.309 e. The van der Waals surface area contributed by atoms with Gasteiger partial charge < -0.3 is 4.74 Å². The van der Waals surface area contributed by atoms with E-state index in [1.165, 1.54) is 39.2 Å². The molecule has 3 unspecified atom stereocenters. The summed E-state index contributed by atoms with van der Waals surface area (Å²) < 4.78 is 4.84. The molecular weight excluding hydrogens is 188 g/mol. The predicted octanol–water partition coefficient (Wildman–Crippen LogP) is 2.79. The highest BCUT2D eigenvalue weighted by Gasteiger charge is 2.56. The SMILES string of the molecule is C=CC1C(C(=O)OC)C1C1CCCCC1. The maximum atomic E-state index is 11.5. The number of rotatable bonds is 3. The van der Waals surface area contributed by atoms with Crippen LogP contribution in [0.5, 0.6) is 0 Å². The van der Waals surface area contributed by atoms with Crippen molar-refractivity contribution in [2.75, 3.05) is 7.11 Å². The van der Waals surface area contributed by atoms with Crippen LogP contribution in [-0.4, -0.2) is 13.1 Å². The lowest BCUT2D eigenvalue weighted by atomic mass is 9.84. The lowest BCUT2D eigenvalue weighted by molar-refractivity contribution is -0.142. The molecule has 0 N–H and O–H groups in total. The summed E-state index contributed by atoms with van der Waals surface area (Å²) in [5, 5.41) is 0. The van der Waals surface area contributed by atoms with E-state index in [4.69, 9.17) is 4.74 Å². The first-order valence-electron chi connectivity index (χ1n) is 6.00. The van der Waals surface area contributed by atoms with Gasteiger partial charge in [0.25, 0.3) is 0 Å². The number of ether oxygens (including phenoxy) is 1. The maximum Gasteiger partial charge on any atom is 0.309 e. The van der Waals surface area contributed by atoms with Crippen LogP contribution in [0.3, 0.4) is 0 Å². The van der Waals surface area contributed by atoms with Crippen molar-refractivity contribution in [1.82, 2.24) is 0 Å². The summed E-state index contributed by atoms with van der Waals surface area (Å²) in [6.45, 7) is 3.83. The monoisotopic (exact) mass is 208 g/mol. The Morgan fingerprint density at radius 3 is 2.53 bits per heavy atom. The van der Waals surface area contributed by atoms with Crippen molar-refractivity contribution in [2.24, 2.45) is 23.7 Å². The van der Waals surface area contributed by atoms with Crippen LogP contribution in [0.1, 0.15) is 32.1 Å². The van der Waals surface area contributed by atoms with Gasteiger partial charge in [-0.05, 0) is 17.8 Å². The lowest BCUT2D eigenvalue weighted by Crippen LogP contribution is -2.13. The summed E-state index contributed by atoms with van der Waals surface area (Å²) >= 11 is 0. The Hall–Kier alpha value is -0.790. The normalized spacial score (nSPS) is 35.9. The van der Waals surface area contributed by atoms with Crippen molar-refractivity contribution in [3.05, 3.63) is 12.7 Å². The van der Waals surface area contributed by atoms with E-state index < -0.39 is 0 Å². The third-order valence-electron chi connectivity index (χ3n) is 4.07. The fourth-order valence-electron chi connectivity index (χ4n) is 3.24. The van der Waals surface area contributed by atoms with Crippen LogP contribution in [0.4, 0.5) is 0 Å². The number of methoxy groups -OCH3 is 1. The molecule has 0 aromatic rings. The summed E-state index contributed by atoms with van der Waals surface area (Å²) in [6.07, 6.45) is 8.56. The molecule has 15 heavy (non-hydrogen) atoms. The highest BCUT2D eigenvalue weighted by molar-refractivity contribution is 5.77. The van der Waals surface area contributed by atoms with Crippen molar-refractivity contribution in [3.63, 3.8) is 0 Å². The van der Waals surface area contributed by atoms with Crippen molar-refractivity contribution >= 4 is 5.97 Å². The molecule has 0 amide bonds. The van der Waals surface area contributed by atoms with E-state index in [1.807, 2.05) is 6.08 Å². The van der Waals surface area contributed by atoms with Gasteiger partial charge in [-0.3, -0.25) is 4.79 Å². The molecule has 2 heteroatoms. The Balaban J connectivity index is 1.97. The van der Waals surface area contributed by atoms with Crippen molar-refractivity contribution in [1.29, 1.82) is 0 Å². The molecule has 0 heterocycles. The molecule has 2 aliphatic rings. The quantitative estimate of drug-likeness (QED) is 0.526. The summed E-state index contributed by atoms with van der Waals surface area (Å²) in [5.74, 6) is 1.76. The molecule has 0 radical (unpaired) electrons. The molecule has 0 spiro atoms. The number of carbonyl (C=O) groups is 1. The highest BCUT2D eigenvalue weighted by Crippen LogP contribution is 2.55. The Bertz CT molecular complexity index is 253. The van der Waals surface area contributed by atoms with E-state index >= 15 is 0 Å². The van der Waals surface area contributed by atoms with Crippen LogP contribution in [0.15, 0.2) is 12.7 Å². The van der Waals surface area contributed by atoms with Gasteiger partial charge in [0.2, 0.25) is 0 Å². The zero-order valence-electron chi connectivity index (χ0n) is 9.45. The van der Waals surface area contributed by atoms with Crippen molar-refractivity contribution in [2.45, 2.75) is 32.1 Å². The van der Waals surface area contributed by atoms with E-state index in [9.17, 15) is 4.79 Å². The van der Waals surface area contributed by atoms with E-state index in [0.29, 0.717) is 11.8 Å². The Morgan fingerprint density at radius 2 is 2.00 bits per heavy atom. The van der Waals surface area contributed by atoms with E-state index in [0.717, 1.165) is 5.92 Å². The topological polar surface area (TPSA) is 26.3 Å². The van der Waals surface area contributed by atoms with Crippen LogP contribution < -0.4 is 0 Å². The third kappa shape index (κ3) is 1.95. The van der Waals surface area contributed by atoms with Gasteiger partial charge in [0.05, 0.1) is 13.0 Å². The molecule has 2 fully saturated rings. The zero-order chi connectivity index (χ0) is 10.8.